The summed E-state index contributed by atoms with van der Waals surface area (Å²) in [6.07, 6.45) is 0.667. The molecule has 4 nitrogen and oxygen atoms in total. The average molecular weight is 421 g/mol. The second-order valence-corrected chi connectivity index (χ2v) is 8.80. The molecule has 1 unspecified atom stereocenters. The van der Waals surface area contributed by atoms with Crippen LogP contribution in [0.1, 0.15) is 10.4 Å². The number of hydrogen-bond acceptors (Lipinski definition) is 5. The Bertz CT molecular complexity index is 1030. The van der Waals surface area contributed by atoms with E-state index >= 15 is 0 Å². The monoisotopic (exact) mass is 420 g/mol. The van der Waals surface area contributed by atoms with Gasteiger partial charge in [-0.3, -0.25) is 9.79 Å². The molecule has 6 heteroatoms. The SMILES string of the molecule is O=C(Nc1ccccc1)C1=C(O)C(Cc2cccs2)SC1=NCc1ccccc1. The summed E-state index contributed by atoms with van der Waals surface area (Å²) in [6, 6.07) is 23.2. The molecule has 0 fully saturated rings. The standard InChI is InChI=1S/C23H20N2O2S2/c26-21-19(14-18-12-7-13-28-18)29-23(24-15-16-8-3-1-4-9-16)20(21)22(27)25-17-10-5-2-6-11-17/h1-13,19,26H,14-15H2,(H,25,27). The number of thiophene rings is 1. The first-order valence-corrected chi connectivity index (χ1v) is 11.0. The second kappa shape index (κ2) is 9.11. The van der Waals surface area contributed by atoms with Gasteiger partial charge in [0.15, 0.2) is 0 Å². The predicted octanol–water partition coefficient (Wildman–Crippen LogP) is 5.46. The summed E-state index contributed by atoms with van der Waals surface area (Å²) in [6.45, 7) is 0.463. The van der Waals surface area contributed by atoms with Crippen molar-refractivity contribution < 1.29 is 9.90 Å². The molecule has 0 aliphatic carbocycles. The number of hydrogen-bond donors (Lipinski definition) is 2. The van der Waals surface area contributed by atoms with Crippen LogP contribution in [-0.4, -0.2) is 21.3 Å². The number of amides is 1. The topological polar surface area (TPSA) is 61.7 Å². The number of anilines is 1. The molecular weight excluding hydrogens is 400 g/mol. The molecule has 1 aliphatic heterocycles. The van der Waals surface area contributed by atoms with Crippen LogP contribution in [0, 0.1) is 0 Å². The van der Waals surface area contributed by atoms with E-state index in [0.29, 0.717) is 23.7 Å². The highest BCUT2D eigenvalue weighted by atomic mass is 32.2. The Balaban J connectivity index is 1.60. The number of para-hydroxylation sites is 1. The van der Waals surface area contributed by atoms with Gasteiger partial charge in [0.25, 0.3) is 5.91 Å². The van der Waals surface area contributed by atoms with Crippen molar-refractivity contribution in [2.45, 2.75) is 18.2 Å². The summed E-state index contributed by atoms with van der Waals surface area (Å²) >= 11 is 3.10. The lowest BCUT2D eigenvalue weighted by Crippen LogP contribution is -2.19. The van der Waals surface area contributed by atoms with E-state index in [1.807, 2.05) is 78.2 Å². The molecule has 146 valence electrons. The summed E-state index contributed by atoms with van der Waals surface area (Å²) in [5.74, 6) is -0.231. The molecule has 4 rings (SSSR count). The molecular formula is C23H20N2O2S2. The molecule has 3 aromatic rings. The van der Waals surface area contributed by atoms with E-state index in [1.54, 1.807) is 11.3 Å². The van der Waals surface area contributed by atoms with E-state index in [1.165, 1.54) is 16.6 Å². The fraction of sp³-hybridized carbons (Fsp3) is 0.130. The van der Waals surface area contributed by atoms with Crippen molar-refractivity contribution in [1.82, 2.24) is 0 Å². The van der Waals surface area contributed by atoms with Gasteiger partial charge in [-0.1, -0.05) is 66.4 Å². The van der Waals surface area contributed by atoms with Crippen molar-refractivity contribution in [3.05, 3.63) is 99.9 Å². The summed E-state index contributed by atoms with van der Waals surface area (Å²) < 4.78 is 0. The molecule has 1 aliphatic rings. The zero-order valence-corrected chi connectivity index (χ0v) is 17.2. The number of nitrogens with zero attached hydrogens (tertiary/aromatic N) is 1. The number of carbonyl (C=O) groups is 1. The first-order valence-electron chi connectivity index (χ1n) is 9.28. The van der Waals surface area contributed by atoms with E-state index in [-0.39, 0.29) is 22.5 Å². The lowest BCUT2D eigenvalue weighted by Gasteiger charge is -2.07. The minimum Gasteiger partial charge on any atom is -0.510 e. The summed E-state index contributed by atoms with van der Waals surface area (Å²) in [4.78, 5) is 18.8. The smallest absolute Gasteiger partial charge is 0.261 e. The number of nitrogens with one attached hydrogen (secondary N) is 1. The normalized spacial score (nSPS) is 17.7. The van der Waals surface area contributed by atoms with Crippen LogP contribution in [0.2, 0.25) is 0 Å². The number of carbonyl (C=O) groups excluding carboxylic acids is 1. The highest BCUT2D eigenvalue weighted by Gasteiger charge is 2.36. The fourth-order valence-electron chi connectivity index (χ4n) is 3.06. The number of rotatable bonds is 6. The van der Waals surface area contributed by atoms with Crippen LogP contribution in [0.5, 0.6) is 0 Å². The highest BCUT2D eigenvalue weighted by Crippen LogP contribution is 2.37. The molecule has 0 radical (unpaired) electrons. The Labute approximate surface area is 178 Å². The molecule has 0 saturated carbocycles. The van der Waals surface area contributed by atoms with Gasteiger partial charge < -0.3 is 10.4 Å². The summed E-state index contributed by atoms with van der Waals surface area (Å²) in [5.41, 5.74) is 2.02. The second-order valence-electron chi connectivity index (χ2n) is 6.58. The quantitative estimate of drug-likeness (QED) is 0.557. The maximum absolute atomic E-state index is 13.0. The van der Waals surface area contributed by atoms with E-state index in [9.17, 15) is 9.90 Å². The largest absolute Gasteiger partial charge is 0.510 e. The highest BCUT2D eigenvalue weighted by molar-refractivity contribution is 8.15. The molecule has 0 spiro atoms. The first kappa shape index (κ1) is 19.5. The predicted molar refractivity (Wildman–Crippen MR) is 122 cm³/mol. The van der Waals surface area contributed by atoms with Crippen molar-refractivity contribution in [3.8, 4) is 0 Å². The minimum atomic E-state index is -0.332. The number of aliphatic imine (C=N–C) groups is 1. The molecule has 1 atom stereocenters. The lowest BCUT2D eigenvalue weighted by atomic mass is 10.1. The molecule has 2 N–H and O–H groups in total. The molecule has 29 heavy (non-hydrogen) atoms. The third-order valence-electron chi connectivity index (χ3n) is 4.50. The van der Waals surface area contributed by atoms with Crippen LogP contribution in [0.3, 0.4) is 0 Å². The Kier molecular flexibility index (Phi) is 6.12. The maximum atomic E-state index is 13.0. The van der Waals surface area contributed by atoms with Crippen molar-refractivity contribution in [1.29, 1.82) is 0 Å². The van der Waals surface area contributed by atoms with Gasteiger partial charge in [0.2, 0.25) is 0 Å². The Hall–Kier alpha value is -2.83. The summed E-state index contributed by atoms with van der Waals surface area (Å²) in [5, 5.41) is 16.2. The van der Waals surface area contributed by atoms with E-state index in [4.69, 9.17) is 0 Å². The van der Waals surface area contributed by atoms with Crippen molar-refractivity contribution >= 4 is 39.7 Å². The van der Waals surface area contributed by atoms with Gasteiger partial charge in [-0.15, -0.1) is 11.3 Å². The zero-order valence-electron chi connectivity index (χ0n) is 15.6. The summed E-state index contributed by atoms with van der Waals surface area (Å²) in [7, 11) is 0. The maximum Gasteiger partial charge on any atom is 0.261 e. The van der Waals surface area contributed by atoms with Crippen molar-refractivity contribution in [2.75, 3.05) is 5.32 Å². The van der Waals surface area contributed by atoms with Crippen LogP contribution in [0.4, 0.5) is 5.69 Å². The van der Waals surface area contributed by atoms with E-state index in [2.05, 4.69) is 10.3 Å². The fourth-order valence-corrected chi connectivity index (χ4v) is 5.13. The van der Waals surface area contributed by atoms with Crippen molar-refractivity contribution in [3.63, 3.8) is 0 Å². The molecule has 2 aromatic carbocycles. The van der Waals surface area contributed by atoms with Gasteiger partial charge in [-0.25, -0.2) is 0 Å². The van der Waals surface area contributed by atoms with Crippen LogP contribution >= 0.6 is 23.1 Å². The number of benzene rings is 2. The van der Waals surface area contributed by atoms with Gasteiger partial charge >= 0.3 is 0 Å². The third-order valence-corrected chi connectivity index (χ3v) is 6.63. The number of thioether (sulfide) groups is 1. The molecule has 2 heterocycles. The lowest BCUT2D eigenvalue weighted by molar-refractivity contribution is -0.112. The first-order chi connectivity index (χ1) is 14.2. The third kappa shape index (κ3) is 4.78. The molecule has 1 aromatic heterocycles. The van der Waals surface area contributed by atoms with Crippen LogP contribution in [0.15, 0.2) is 94.5 Å². The Morgan fingerprint density at radius 3 is 2.41 bits per heavy atom. The number of aliphatic hydroxyl groups is 1. The van der Waals surface area contributed by atoms with Gasteiger partial charge in [0.05, 0.1) is 11.8 Å². The number of aliphatic hydroxyl groups excluding tert-OH is 1. The molecule has 0 bridgehead atoms. The zero-order chi connectivity index (χ0) is 20.1. The van der Waals surface area contributed by atoms with Gasteiger partial charge in [-0.2, -0.15) is 0 Å². The van der Waals surface area contributed by atoms with E-state index in [0.717, 1.165) is 5.56 Å². The Morgan fingerprint density at radius 2 is 1.72 bits per heavy atom. The molecule has 1 amide bonds. The minimum absolute atomic E-state index is 0.101. The van der Waals surface area contributed by atoms with Gasteiger partial charge in [-0.05, 0) is 29.1 Å². The van der Waals surface area contributed by atoms with Crippen LogP contribution < -0.4 is 5.32 Å². The average Bonchev–Trinajstić information content (AvgIpc) is 3.36. The van der Waals surface area contributed by atoms with Gasteiger partial charge in [0, 0.05) is 17.0 Å². The molecule has 0 saturated heterocycles. The Morgan fingerprint density at radius 1 is 1.00 bits per heavy atom. The van der Waals surface area contributed by atoms with Gasteiger partial charge in [0.1, 0.15) is 16.4 Å². The van der Waals surface area contributed by atoms with Crippen molar-refractivity contribution in [2.24, 2.45) is 4.99 Å². The van der Waals surface area contributed by atoms with Crippen LogP contribution in [-0.2, 0) is 17.8 Å². The van der Waals surface area contributed by atoms with Crippen LogP contribution in [0.25, 0.3) is 0 Å². The van der Waals surface area contributed by atoms with E-state index < -0.39 is 0 Å².